The van der Waals surface area contributed by atoms with Crippen LogP contribution in [0.5, 0.6) is 0 Å². The molecule has 1 aromatic rings. The van der Waals surface area contributed by atoms with Crippen LogP contribution in [0.4, 0.5) is 13.2 Å². The molecule has 1 aromatic carbocycles. The highest BCUT2D eigenvalue weighted by molar-refractivity contribution is 7.90. The first-order valence-electron chi connectivity index (χ1n) is 6.55. The zero-order valence-corrected chi connectivity index (χ0v) is 12.2. The van der Waals surface area contributed by atoms with Crippen molar-refractivity contribution in [3.05, 3.63) is 35.1 Å². The average molecular weight is 323 g/mol. The van der Waals surface area contributed by atoms with Crippen LogP contribution in [0.2, 0.25) is 0 Å². The largest absolute Gasteiger partial charge is 0.377 e. The summed E-state index contributed by atoms with van der Waals surface area (Å²) in [6, 6.07) is 1.71. The van der Waals surface area contributed by atoms with Crippen molar-refractivity contribution in [3.63, 3.8) is 0 Å². The Balaban J connectivity index is 1.95. The molecule has 1 aliphatic rings. The van der Waals surface area contributed by atoms with E-state index in [0.717, 1.165) is 12.1 Å². The minimum absolute atomic E-state index is 0.0178. The number of sulfonamides is 1. The molecule has 21 heavy (non-hydrogen) atoms. The van der Waals surface area contributed by atoms with E-state index in [9.17, 15) is 21.6 Å². The third-order valence-corrected chi connectivity index (χ3v) is 5.49. The molecular weight excluding hydrogens is 307 g/mol. The molecule has 1 fully saturated rings. The molecular formula is C13H16F3NO3S. The monoisotopic (exact) mass is 323 g/mol. The second-order valence-corrected chi connectivity index (χ2v) is 6.95. The van der Waals surface area contributed by atoms with E-state index in [2.05, 4.69) is 4.72 Å². The number of hydrogen-bond acceptors (Lipinski definition) is 3. The predicted molar refractivity (Wildman–Crippen MR) is 70.8 cm³/mol. The van der Waals surface area contributed by atoms with Crippen molar-refractivity contribution in [3.8, 4) is 0 Å². The van der Waals surface area contributed by atoms with Gasteiger partial charge in [-0.2, -0.15) is 0 Å². The Bertz CT molecular complexity index is 598. The third kappa shape index (κ3) is 3.75. The lowest BCUT2D eigenvalue weighted by Gasteiger charge is -2.15. The molecule has 0 saturated carbocycles. The second kappa shape index (κ2) is 6.33. The maximum Gasteiger partial charge on any atom is 0.217 e. The Kier molecular flexibility index (Phi) is 4.90. The molecule has 1 saturated heterocycles. The molecule has 8 heteroatoms. The van der Waals surface area contributed by atoms with Gasteiger partial charge in [0.1, 0.15) is 5.25 Å². The summed E-state index contributed by atoms with van der Waals surface area (Å²) in [7, 11) is -3.54. The molecule has 0 radical (unpaired) electrons. The van der Waals surface area contributed by atoms with Crippen LogP contribution in [0.1, 0.15) is 18.9 Å². The molecule has 2 atom stereocenters. The Morgan fingerprint density at radius 1 is 1.29 bits per heavy atom. The molecule has 0 aromatic heterocycles. The van der Waals surface area contributed by atoms with Gasteiger partial charge in [0.25, 0.3) is 0 Å². The molecule has 0 unspecified atom stereocenters. The van der Waals surface area contributed by atoms with Crippen molar-refractivity contribution >= 4 is 10.0 Å². The van der Waals surface area contributed by atoms with Gasteiger partial charge in [0.05, 0.1) is 6.10 Å². The lowest BCUT2D eigenvalue weighted by molar-refractivity contribution is 0.126. The van der Waals surface area contributed by atoms with E-state index in [0.29, 0.717) is 13.0 Å². The first-order valence-corrected chi connectivity index (χ1v) is 8.09. The number of rotatable bonds is 5. The fourth-order valence-electron chi connectivity index (χ4n) is 2.32. The second-order valence-electron chi connectivity index (χ2n) is 4.97. The summed E-state index contributed by atoms with van der Waals surface area (Å²) >= 11 is 0. The molecule has 0 aliphatic carbocycles. The summed E-state index contributed by atoms with van der Waals surface area (Å²) in [4.78, 5) is 0. The van der Waals surface area contributed by atoms with Crippen LogP contribution in [0.3, 0.4) is 0 Å². The Labute approximate surface area is 121 Å². The summed E-state index contributed by atoms with van der Waals surface area (Å²) in [5.74, 6) is -4.10. The Hall–Kier alpha value is -1.12. The molecule has 2 rings (SSSR count). The fraction of sp³-hybridized carbons (Fsp3) is 0.538. The van der Waals surface area contributed by atoms with Crippen LogP contribution in [0.25, 0.3) is 0 Å². The van der Waals surface area contributed by atoms with Gasteiger partial charge in [-0.05, 0) is 37.5 Å². The molecule has 0 amide bonds. The van der Waals surface area contributed by atoms with Crippen LogP contribution in [-0.2, 0) is 21.2 Å². The minimum Gasteiger partial charge on any atom is -0.377 e. The summed E-state index contributed by atoms with van der Waals surface area (Å²) in [6.07, 6.45) is 0.0919. The smallest absolute Gasteiger partial charge is 0.217 e. The normalized spacial score (nSPS) is 22.7. The fourth-order valence-corrected chi connectivity index (χ4v) is 3.91. The van der Waals surface area contributed by atoms with Crippen molar-refractivity contribution in [2.45, 2.75) is 31.1 Å². The zero-order valence-electron chi connectivity index (χ0n) is 11.4. The van der Waals surface area contributed by atoms with Gasteiger partial charge in [-0.3, -0.25) is 0 Å². The van der Waals surface area contributed by atoms with Gasteiger partial charge in [0.15, 0.2) is 17.5 Å². The van der Waals surface area contributed by atoms with Crippen molar-refractivity contribution in [2.75, 3.05) is 13.2 Å². The number of nitrogens with one attached hydrogen (secondary N) is 1. The number of ether oxygens (including phenoxy) is 1. The van der Waals surface area contributed by atoms with Crippen LogP contribution in [0.15, 0.2) is 12.1 Å². The SMILES string of the molecule is C[C@@H]1OCC[C@H]1S(=O)(=O)NCCc1cc(F)c(F)c(F)c1. The van der Waals surface area contributed by atoms with Gasteiger partial charge in [0, 0.05) is 13.2 Å². The van der Waals surface area contributed by atoms with Gasteiger partial charge in [0.2, 0.25) is 10.0 Å². The number of benzene rings is 1. The van der Waals surface area contributed by atoms with Gasteiger partial charge in [-0.25, -0.2) is 26.3 Å². The average Bonchev–Trinajstić information content (AvgIpc) is 2.83. The molecule has 0 bridgehead atoms. The van der Waals surface area contributed by atoms with Crippen LogP contribution in [0, 0.1) is 17.5 Å². The zero-order chi connectivity index (χ0) is 15.6. The molecule has 118 valence electrons. The lowest BCUT2D eigenvalue weighted by atomic mass is 10.1. The van der Waals surface area contributed by atoms with E-state index in [1.165, 1.54) is 0 Å². The Morgan fingerprint density at radius 3 is 2.43 bits per heavy atom. The molecule has 1 N–H and O–H groups in total. The lowest BCUT2D eigenvalue weighted by Crippen LogP contribution is -2.39. The first kappa shape index (κ1) is 16.3. The van der Waals surface area contributed by atoms with Gasteiger partial charge in [-0.15, -0.1) is 0 Å². The van der Waals surface area contributed by atoms with Crippen molar-refractivity contribution in [2.24, 2.45) is 0 Å². The maximum absolute atomic E-state index is 13.0. The maximum atomic E-state index is 13.0. The van der Waals surface area contributed by atoms with Gasteiger partial charge >= 0.3 is 0 Å². The van der Waals surface area contributed by atoms with Crippen LogP contribution in [-0.4, -0.2) is 32.9 Å². The topological polar surface area (TPSA) is 55.4 Å². The number of halogens is 3. The van der Waals surface area contributed by atoms with Gasteiger partial charge < -0.3 is 4.74 Å². The Morgan fingerprint density at radius 2 is 1.90 bits per heavy atom. The van der Waals surface area contributed by atoms with E-state index in [-0.39, 0.29) is 24.6 Å². The van der Waals surface area contributed by atoms with Gasteiger partial charge in [-0.1, -0.05) is 0 Å². The van der Waals surface area contributed by atoms with E-state index in [1.54, 1.807) is 6.92 Å². The standard InChI is InChI=1S/C13H16F3NO3S/c1-8-12(3-5-20-8)21(18,19)17-4-2-9-6-10(14)13(16)11(15)7-9/h6-8,12,17H,2-5H2,1H3/t8-,12+/m0/s1. The summed E-state index contributed by atoms with van der Waals surface area (Å²) in [6.45, 7) is 2.05. The van der Waals surface area contributed by atoms with Crippen molar-refractivity contribution in [1.82, 2.24) is 4.72 Å². The van der Waals surface area contributed by atoms with E-state index >= 15 is 0 Å². The number of hydrogen-bond donors (Lipinski definition) is 1. The minimum atomic E-state index is -3.54. The quantitative estimate of drug-likeness (QED) is 0.840. The van der Waals surface area contributed by atoms with Crippen molar-refractivity contribution < 1.29 is 26.3 Å². The summed E-state index contributed by atoms with van der Waals surface area (Å²) in [5.41, 5.74) is 0.185. The molecule has 1 heterocycles. The van der Waals surface area contributed by atoms with E-state index < -0.39 is 32.7 Å². The summed E-state index contributed by atoms with van der Waals surface area (Å²) < 4.78 is 70.5. The summed E-state index contributed by atoms with van der Waals surface area (Å²) in [5, 5.41) is -0.626. The highest BCUT2D eigenvalue weighted by Gasteiger charge is 2.35. The highest BCUT2D eigenvalue weighted by Crippen LogP contribution is 2.20. The van der Waals surface area contributed by atoms with Crippen LogP contribution >= 0.6 is 0 Å². The van der Waals surface area contributed by atoms with Crippen LogP contribution < -0.4 is 4.72 Å². The van der Waals surface area contributed by atoms with Crippen molar-refractivity contribution in [1.29, 1.82) is 0 Å². The van der Waals surface area contributed by atoms with E-state index in [4.69, 9.17) is 4.74 Å². The third-order valence-electron chi connectivity index (χ3n) is 3.47. The molecule has 1 aliphatic heterocycles. The molecule has 0 spiro atoms. The molecule has 4 nitrogen and oxygen atoms in total. The first-order chi connectivity index (χ1) is 9.81. The van der Waals surface area contributed by atoms with E-state index in [1.807, 2.05) is 0 Å². The predicted octanol–water partition coefficient (Wildman–Crippen LogP) is 1.74. The highest BCUT2D eigenvalue weighted by atomic mass is 32.2.